The molecule has 1 aliphatic rings. The van der Waals surface area contributed by atoms with E-state index in [0.717, 1.165) is 37.8 Å². The highest BCUT2D eigenvalue weighted by atomic mass is 19.1. The third-order valence-electron chi connectivity index (χ3n) is 4.98. The van der Waals surface area contributed by atoms with E-state index in [1.54, 1.807) is 12.1 Å². The van der Waals surface area contributed by atoms with Gasteiger partial charge in [0, 0.05) is 25.8 Å². The van der Waals surface area contributed by atoms with E-state index >= 15 is 0 Å². The lowest BCUT2D eigenvalue weighted by atomic mass is 9.95. The van der Waals surface area contributed by atoms with E-state index in [1.807, 2.05) is 18.2 Å². The topological polar surface area (TPSA) is 32.3 Å². The molecule has 0 saturated heterocycles. The summed E-state index contributed by atoms with van der Waals surface area (Å²) in [6, 6.07) is 16.6. The second kappa shape index (κ2) is 7.68. The average Bonchev–Trinajstić information content (AvgIpc) is 3.44. The van der Waals surface area contributed by atoms with E-state index < -0.39 is 5.41 Å². The van der Waals surface area contributed by atoms with Crippen LogP contribution in [0.4, 0.5) is 10.1 Å². The summed E-state index contributed by atoms with van der Waals surface area (Å²) in [6.45, 7) is 1.65. The quantitative estimate of drug-likeness (QED) is 0.740. The third-order valence-corrected chi connectivity index (χ3v) is 4.98. The number of amides is 1. The van der Waals surface area contributed by atoms with Gasteiger partial charge in [0.25, 0.3) is 0 Å². The van der Waals surface area contributed by atoms with E-state index in [9.17, 15) is 9.18 Å². The zero-order valence-electron chi connectivity index (χ0n) is 14.7. The Morgan fingerprint density at radius 3 is 2.40 bits per heavy atom. The first-order valence-corrected chi connectivity index (χ1v) is 8.92. The molecule has 2 aromatic carbocycles. The fourth-order valence-electron chi connectivity index (χ4n) is 3.20. The van der Waals surface area contributed by atoms with Crippen molar-refractivity contribution in [2.45, 2.75) is 31.1 Å². The van der Waals surface area contributed by atoms with Gasteiger partial charge in [-0.3, -0.25) is 4.79 Å². The van der Waals surface area contributed by atoms with Gasteiger partial charge in [0.05, 0.1) is 5.41 Å². The van der Waals surface area contributed by atoms with E-state index in [2.05, 4.69) is 29.4 Å². The fraction of sp³-hybridized carbons (Fsp3) is 0.381. The van der Waals surface area contributed by atoms with Gasteiger partial charge < -0.3 is 10.2 Å². The number of halogens is 1. The molecule has 0 radical (unpaired) electrons. The molecule has 1 aliphatic carbocycles. The van der Waals surface area contributed by atoms with Crippen LogP contribution in [0.3, 0.4) is 0 Å². The first-order chi connectivity index (χ1) is 12.1. The van der Waals surface area contributed by atoms with Crippen LogP contribution in [0.25, 0.3) is 0 Å². The molecule has 2 aromatic rings. The van der Waals surface area contributed by atoms with Crippen molar-refractivity contribution in [1.82, 2.24) is 5.32 Å². The predicted octanol–water partition coefficient (Wildman–Crippen LogP) is 3.89. The first-order valence-electron chi connectivity index (χ1n) is 8.92. The number of benzene rings is 2. The number of anilines is 1. The molecule has 0 atom stereocenters. The number of para-hydroxylation sites is 1. The lowest BCUT2D eigenvalue weighted by Gasteiger charge is -2.19. The maximum Gasteiger partial charge on any atom is 0.230 e. The van der Waals surface area contributed by atoms with Gasteiger partial charge in [-0.1, -0.05) is 30.3 Å². The zero-order chi connectivity index (χ0) is 17.7. The van der Waals surface area contributed by atoms with Gasteiger partial charge in [0.1, 0.15) is 5.82 Å². The Morgan fingerprint density at radius 2 is 1.76 bits per heavy atom. The van der Waals surface area contributed by atoms with E-state index in [1.165, 1.54) is 17.8 Å². The van der Waals surface area contributed by atoms with Gasteiger partial charge in [-0.05, 0) is 55.5 Å². The van der Waals surface area contributed by atoms with Crippen LogP contribution >= 0.6 is 0 Å². The second-order valence-electron chi connectivity index (χ2n) is 6.81. The summed E-state index contributed by atoms with van der Waals surface area (Å²) in [5.41, 5.74) is 1.71. The number of hydrogen-bond donors (Lipinski definition) is 1. The molecule has 0 aromatic heterocycles. The van der Waals surface area contributed by atoms with Crippen molar-refractivity contribution >= 4 is 11.6 Å². The molecule has 0 aliphatic heterocycles. The molecular weight excluding hydrogens is 315 g/mol. The molecule has 25 heavy (non-hydrogen) atoms. The highest BCUT2D eigenvalue weighted by molar-refractivity contribution is 5.91. The summed E-state index contributed by atoms with van der Waals surface area (Å²) in [5.74, 6) is -0.182. The molecule has 132 valence electrons. The van der Waals surface area contributed by atoms with Gasteiger partial charge >= 0.3 is 0 Å². The van der Waals surface area contributed by atoms with E-state index in [4.69, 9.17) is 0 Å². The van der Waals surface area contributed by atoms with Crippen molar-refractivity contribution < 1.29 is 9.18 Å². The standard InChI is InChI=1S/C21H25FN2O/c1-24(19-7-3-2-4-8-19)16-6-5-15-23-20(25)21(13-14-21)17-9-11-18(22)12-10-17/h2-4,7-12H,5-6,13-16H2,1H3,(H,23,25). The summed E-state index contributed by atoms with van der Waals surface area (Å²) in [7, 11) is 2.08. The zero-order valence-corrected chi connectivity index (χ0v) is 14.7. The summed E-state index contributed by atoms with van der Waals surface area (Å²) in [5, 5.41) is 3.06. The Bertz CT molecular complexity index is 696. The van der Waals surface area contributed by atoms with Gasteiger partial charge in [0.15, 0.2) is 0 Å². The first kappa shape index (κ1) is 17.5. The Balaban J connectivity index is 1.40. The van der Waals surface area contributed by atoms with Crippen LogP contribution in [0.2, 0.25) is 0 Å². The number of carbonyl (C=O) groups excluding carboxylic acids is 1. The lowest BCUT2D eigenvalue weighted by Crippen LogP contribution is -2.35. The van der Waals surface area contributed by atoms with Crippen LogP contribution in [-0.4, -0.2) is 26.0 Å². The highest BCUT2D eigenvalue weighted by Gasteiger charge is 2.50. The minimum absolute atomic E-state index is 0.0792. The molecular formula is C21H25FN2O. The molecule has 0 unspecified atom stereocenters. The van der Waals surface area contributed by atoms with Crippen molar-refractivity contribution in [1.29, 1.82) is 0 Å². The summed E-state index contributed by atoms with van der Waals surface area (Å²) >= 11 is 0. The Kier molecular flexibility index (Phi) is 5.37. The minimum atomic E-state index is -0.422. The predicted molar refractivity (Wildman–Crippen MR) is 99.3 cm³/mol. The third kappa shape index (κ3) is 4.19. The summed E-state index contributed by atoms with van der Waals surface area (Å²) in [6.07, 6.45) is 3.67. The number of rotatable bonds is 8. The Morgan fingerprint density at radius 1 is 1.08 bits per heavy atom. The van der Waals surface area contributed by atoms with Gasteiger partial charge in [-0.25, -0.2) is 4.39 Å². The Labute approximate surface area is 148 Å². The van der Waals surface area contributed by atoms with Crippen molar-refractivity contribution in [2.75, 3.05) is 25.0 Å². The molecule has 0 spiro atoms. The highest BCUT2D eigenvalue weighted by Crippen LogP contribution is 2.48. The lowest BCUT2D eigenvalue weighted by molar-refractivity contribution is -0.123. The van der Waals surface area contributed by atoms with Crippen LogP contribution in [-0.2, 0) is 10.2 Å². The van der Waals surface area contributed by atoms with Crippen molar-refractivity contribution in [3.05, 3.63) is 66.0 Å². The van der Waals surface area contributed by atoms with E-state index in [0.29, 0.717) is 6.54 Å². The number of nitrogens with zero attached hydrogens (tertiary/aromatic N) is 1. The maximum atomic E-state index is 13.1. The summed E-state index contributed by atoms with van der Waals surface area (Å²) in [4.78, 5) is 14.7. The van der Waals surface area contributed by atoms with Crippen LogP contribution < -0.4 is 10.2 Å². The molecule has 1 N–H and O–H groups in total. The van der Waals surface area contributed by atoms with Crippen LogP contribution in [0.5, 0.6) is 0 Å². The number of nitrogens with one attached hydrogen (secondary N) is 1. The van der Waals surface area contributed by atoms with Crippen LogP contribution in [0.1, 0.15) is 31.2 Å². The molecule has 1 saturated carbocycles. The van der Waals surface area contributed by atoms with Gasteiger partial charge in [-0.15, -0.1) is 0 Å². The molecule has 1 fully saturated rings. The SMILES string of the molecule is CN(CCCCNC(=O)C1(c2ccc(F)cc2)CC1)c1ccccc1. The normalized spacial score (nSPS) is 14.8. The molecule has 0 bridgehead atoms. The molecule has 0 heterocycles. The van der Waals surface area contributed by atoms with Crippen molar-refractivity contribution in [3.63, 3.8) is 0 Å². The molecule has 3 nitrogen and oxygen atoms in total. The second-order valence-corrected chi connectivity index (χ2v) is 6.81. The number of carbonyl (C=O) groups is 1. The fourth-order valence-corrected chi connectivity index (χ4v) is 3.20. The maximum absolute atomic E-state index is 13.1. The number of hydrogen-bond acceptors (Lipinski definition) is 2. The van der Waals surface area contributed by atoms with Gasteiger partial charge in [0.2, 0.25) is 5.91 Å². The van der Waals surface area contributed by atoms with E-state index in [-0.39, 0.29) is 11.7 Å². The van der Waals surface area contributed by atoms with Gasteiger partial charge in [-0.2, -0.15) is 0 Å². The molecule has 4 heteroatoms. The largest absolute Gasteiger partial charge is 0.375 e. The monoisotopic (exact) mass is 340 g/mol. The number of unbranched alkanes of at least 4 members (excludes halogenated alkanes) is 1. The smallest absolute Gasteiger partial charge is 0.230 e. The Hall–Kier alpha value is -2.36. The summed E-state index contributed by atoms with van der Waals surface area (Å²) < 4.78 is 13.1. The minimum Gasteiger partial charge on any atom is -0.375 e. The van der Waals surface area contributed by atoms with Crippen LogP contribution in [0.15, 0.2) is 54.6 Å². The van der Waals surface area contributed by atoms with Crippen LogP contribution in [0, 0.1) is 5.82 Å². The van der Waals surface area contributed by atoms with Crippen molar-refractivity contribution in [3.8, 4) is 0 Å². The van der Waals surface area contributed by atoms with Crippen molar-refractivity contribution in [2.24, 2.45) is 0 Å². The average molecular weight is 340 g/mol. The molecule has 3 rings (SSSR count). The molecule has 1 amide bonds.